The fourth-order valence-electron chi connectivity index (χ4n) is 2.14. The lowest BCUT2D eigenvalue weighted by Crippen LogP contribution is -2.23. The third-order valence-electron chi connectivity index (χ3n) is 3.37. The van der Waals surface area contributed by atoms with E-state index in [2.05, 4.69) is 45.3 Å². The summed E-state index contributed by atoms with van der Waals surface area (Å²) in [5, 5.41) is 3.29. The molecule has 0 saturated heterocycles. The number of rotatable bonds is 7. The second-order valence-corrected chi connectivity index (χ2v) is 5.94. The number of hydrogen-bond donors (Lipinski definition) is 1. The second kappa shape index (κ2) is 8.15. The number of nitrogens with one attached hydrogen (secondary N) is 1. The maximum atomic E-state index is 13.6. The van der Waals surface area contributed by atoms with E-state index in [4.69, 9.17) is 0 Å². The highest BCUT2D eigenvalue weighted by atomic mass is 79.9. The minimum atomic E-state index is -0.168. The summed E-state index contributed by atoms with van der Waals surface area (Å²) < 4.78 is 14.4. The molecule has 2 nitrogen and oxygen atoms in total. The summed E-state index contributed by atoms with van der Waals surface area (Å²) in [5.41, 5.74) is 1.92. The molecule has 0 aliphatic carbocycles. The predicted molar refractivity (Wildman–Crippen MR) is 90.1 cm³/mol. The second-order valence-electron chi connectivity index (χ2n) is 5.02. The van der Waals surface area contributed by atoms with Crippen LogP contribution in [-0.4, -0.2) is 20.1 Å². The zero-order valence-corrected chi connectivity index (χ0v) is 13.7. The molecule has 112 valence electrons. The molecule has 0 unspecified atom stereocenters. The van der Waals surface area contributed by atoms with Crippen LogP contribution in [0.1, 0.15) is 12.0 Å². The molecule has 0 fully saturated rings. The van der Waals surface area contributed by atoms with Crippen molar-refractivity contribution in [1.82, 2.24) is 5.32 Å². The maximum absolute atomic E-state index is 13.6. The summed E-state index contributed by atoms with van der Waals surface area (Å²) in [6.07, 6.45) is 1.02. The number of benzene rings is 2. The summed E-state index contributed by atoms with van der Waals surface area (Å²) >= 11 is 3.26. The lowest BCUT2D eigenvalue weighted by atomic mass is 10.2. The average molecular weight is 351 g/mol. The normalized spacial score (nSPS) is 10.6. The monoisotopic (exact) mass is 350 g/mol. The number of hydrogen-bond acceptors (Lipinski definition) is 2. The number of anilines is 1. The van der Waals surface area contributed by atoms with E-state index in [0.717, 1.165) is 24.0 Å². The average Bonchev–Trinajstić information content (AvgIpc) is 2.49. The smallest absolute Gasteiger partial charge is 0.128 e. The van der Waals surface area contributed by atoms with Crippen LogP contribution in [0, 0.1) is 5.82 Å². The van der Waals surface area contributed by atoms with Crippen LogP contribution in [0.2, 0.25) is 0 Å². The Kier molecular flexibility index (Phi) is 6.21. The highest BCUT2D eigenvalue weighted by Crippen LogP contribution is 2.15. The van der Waals surface area contributed by atoms with Crippen molar-refractivity contribution >= 4 is 21.6 Å². The molecule has 0 heterocycles. The Hall–Kier alpha value is -1.39. The first kappa shape index (κ1) is 16.0. The van der Waals surface area contributed by atoms with Gasteiger partial charge < -0.3 is 10.2 Å². The van der Waals surface area contributed by atoms with Crippen LogP contribution in [0.25, 0.3) is 0 Å². The fraction of sp³-hybridized carbons (Fsp3) is 0.294. The van der Waals surface area contributed by atoms with Crippen LogP contribution in [0.15, 0.2) is 53.0 Å². The highest BCUT2D eigenvalue weighted by molar-refractivity contribution is 9.10. The minimum Gasteiger partial charge on any atom is -0.375 e. The van der Waals surface area contributed by atoms with Gasteiger partial charge in [-0.25, -0.2) is 4.39 Å². The first-order chi connectivity index (χ1) is 10.2. The third kappa shape index (κ3) is 5.14. The molecule has 0 amide bonds. The number of nitrogens with zero attached hydrogens (tertiary/aromatic N) is 1. The lowest BCUT2D eigenvalue weighted by molar-refractivity contribution is 0.581. The van der Waals surface area contributed by atoms with Crippen molar-refractivity contribution in [1.29, 1.82) is 0 Å². The van der Waals surface area contributed by atoms with E-state index in [0.29, 0.717) is 12.1 Å². The summed E-state index contributed by atoms with van der Waals surface area (Å²) in [6.45, 7) is 2.40. The Morgan fingerprint density at radius 1 is 1.14 bits per heavy atom. The van der Waals surface area contributed by atoms with E-state index in [1.165, 1.54) is 11.8 Å². The lowest BCUT2D eigenvalue weighted by Gasteiger charge is -2.19. The van der Waals surface area contributed by atoms with Crippen molar-refractivity contribution in [3.05, 3.63) is 64.4 Å². The van der Waals surface area contributed by atoms with Crippen LogP contribution in [0.5, 0.6) is 0 Å². The SMILES string of the molecule is CN(CCCNCc1ccc(Br)cc1F)c1ccccc1. The van der Waals surface area contributed by atoms with Gasteiger partial charge in [-0.2, -0.15) is 0 Å². The zero-order valence-electron chi connectivity index (χ0n) is 12.2. The number of halogens is 2. The molecule has 4 heteroatoms. The van der Waals surface area contributed by atoms with Gasteiger partial charge in [0.05, 0.1) is 0 Å². The Morgan fingerprint density at radius 2 is 1.90 bits per heavy atom. The van der Waals surface area contributed by atoms with Crippen molar-refractivity contribution in [3.8, 4) is 0 Å². The molecule has 21 heavy (non-hydrogen) atoms. The van der Waals surface area contributed by atoms with Gasteiger partial charge in [0.1, 0.15) is 5.82 Å². The van der Waals surface area contributed by atoms with Crippen molar-refractivity contribution in [3.63, 3.8) is 0 Å². The van der Waals surface area contributed by atoms with E-state index in [9.17, 15) is 4.39 Å². The summed E-state index contributed by atoms with van der Waals surface area (Å²) in [5.74, 6) is -0.168. The van der Waals surface area contributed by atoms with Crippen LogP contribution in [-0.2, 0) is 6.54 Å². The van der Waals surface area contributed by atoms with Gasteiger partial charge in [0.25, 0.3) is 0 Å². The summed E-state index contributed by atoms with van der Waals surface area (Å²) in [4.78, 5) is 2.22. The molecule has 0 aliphatic rings. The molecule has 0 radical (unpaired) electrons. The standard InChI is InChI=1S/C17H20BrFN2/c1-21(16-6-3-2-4-7-16)11-5-10-20-13-14-8-9-15(18)12-17(14)19/h2-4,6-9,12,20H,5,10-11,13H2,1H3. The molecule has 1 N–H and O–H groups in total. The Morgan fingerprint density at radius 3 is 2.62 bits per heavy atom. The van der Waals surface area contributed by atoms with Crippen LogP contribution in [0.4, 0.5) is 10.1 Å². The van der Waals surface area contributed by atoms with E-state index >= 15 is 0 Å². The van der Waals surface area contributed by atoms with Gasteiger partial charge in [0.15, 0.2) is 0 Å². The molecular formula is C17H20BrFN2. The predicted octanol–water partition coefficient (Wildman–Crippen LogP) is 4.20. The molecule has 0 aromatic heterocycles. The molecule has 2 rings (SSSR count). The third-order valence-corrected chi connectivity index (χ3v) is 3.87. The molecule has 0 saturated carbocycles. The van der Waals surface area contributed by atoms with E-state index in [1.807, 2.05) is 30.3 Å². The van der Waals surface area contributed by atoms with Gasteiger partial charge in [-0.3, -0.25) is 0 Å². The van der Waals surface area contributed by atoms with Crippen molar-refractivity contribution < 1.29 is 4.39 Å². The minimum absolute atomic E-state index is 0.168. The van der Waals surface area contributed by atoms with Gasteiger partial charge in [-0.15, -0.1) is 0 Å². The molecule has 2 aromatic rings. The first-order valence-corrected chi connectivity index (χ1v) is 7.87. The topological polar surface area (TPSA) is 15.3 Å². The summed E-state index contributed by atoms with van der Waals surface area (Å²) in [7, 11) is 2.09. The van der Waals surface area contributed by atoms with E-state index in [1.54, 1.807) is 0 Å². The van der Waals surface area contributed by atoms with Gasteiger partial charge >= 0.3 is 0 Å². The Balaban J connectivity index is 1.68. The highest BCUT2D eigenvalue weighted by Gasteiger charge is 2.03. The van der Waals surface area contributed by atoms with E-state index < -0.39 is 0 Å². The zero-order chi connectivity index (χ0) is 15.1. The Bertz CT molecular complexity index is 560. The largest absolute Gasteiger partial charge is 0.375 e. The summed E-state index contributed by atoms with van der Waals surface area (Å²) in [6, 6.07) is 15.5. The molecule has 0 bridgehead atoms. The van der Waals surface area contributed by atoms with Gasteiger partial charge in [0.2, 0.25) is 0 Å². The van der Waals surface area contributed by atoms with E-state index in [-0.39, 0.29) is 5.82 Å². The first-order valence-electron chi connectivity index (χ1n) is 7.07. The van der Waals surface area contributed by atoms with Crippen molar-refractivity contribution in [2.75, 3.05) is 25.0 Å². The molecule has 0 spiro atoms. The van der Waals surface area contributed by atoms with Crippen LogP contribution < -0.4 is 10.2 Å². The molecule has 0 atom stereocenters. The Labute approximate surface area is 134 Å². The van der Waals surface area contributed by atoms with Gasteiger partial charge in [0, 0.05) is 35.9 Å². The molecule has 0 aliphatic heterocycles. The maximum Gasteiger partial charge on any atom is 0.128 e. The van der Waals surface area contributed by atoms with Crippen molar-refractivity contribution in [2.24, 2.45) is 0 Å². The van der Waals surface area contributed by atoms with Crippen molar-refractivity contribution in [2.45, 2.75) is 13.0 Å². The molecule has 2 aromatic carbocycles. The quantitative estimate of drug-likeness (QED) is 0.752. The van der Waals surface area contributed by atoms with Gasteiger partial charge in [-0.05, 0) is 37.2 Å². The fourth-order valence-corrected chi connectivity index (χ4v) is 2.47. The van der Waals surface area contributed by atoms with Crippen LogP contribution in [0.3, 0.4) is 0 Å². The van der Waals surface area contributed by atoms with Crippen LogP contribution >= 0.6 is 15.9 Å². The molecular weight excluding hydrogens is 331 g/mol. The number of para-hydroxylation sites is 1. The van der Waals surface area contributed by atoms with Gasteiger partial charge in [-0.1, -0.05) is 40.2 Å².